The second-order valence-electron chi connectivity index (χ2n) is 8.91. The number of allylic oxidation sites excluding steroid dienone is 1. The Labute approximate surface area is 196 Å². The number of ether oxygens (including phenoxy) is 2. The Bertz CT molecular complexity index is 1340. The minimum Gasteiger partial charge on any atom is -0.452 e. The second kappa shape index (κ2) is 7.88. The van der Waals surface area contributed by atoms with Crippen molar-refractivity contribution in [2.45, 2.75) is 24.9 Å². The monoisotopic (exact) mass is 459 g/mol. The summed E-state index contributed by atoms with van der Waals surface area (Å²) in [6.07, 6.45) is 7.85. The number of hydrogen-bond donors (Lipinski definition) is 2. The van der Waals surface area contributed by atoms with Crippen molar-refractivity contribution in [2.75, 3.05) is 30.5 Å². The third-order valence-electron chi connectivity index (χ3n) is 6.82. The predicted molar refractivity (Wildman–Crippen MR) is 128 cm³/mol. The summed E-state index contributed by atoms with van der Waals surface area (Å²) in [7, 11) is 3.49. The first-order valence-corrected chi connectivity index (χ1v) is 11.4. The van der Waals surface area contributed by atoms with Crippen LogP contribution in [0.15, 0.2) is 42.4 Å². The molecule has 0 radical (unpaired) electrons. The number of hydrogen-bond acceptors (Lipinski definition) is 6. The number of amides is 2. The third kappa shape index (κ3) is 3.23. The Hall–Kier alpha value is -3.85. The lowest BCUT2D eigenvalue weighted by Gasteiger charge is -2.37. The summed E-state index contributed by atoms with van der Waals surface area (Å²) in [5.41, 5.74) is 3.80. The molecule has 2 atom stereocenters. The average Bonchev–Trinajstić information content (AvgIpc) is 3.42. The van der Waals surface area contributed by atoms with E-state index >= 15 is 0 Å². The standard InChI is InChI=1S/C25H25N5O4/c1-26-25(32)28-15-3-6-20-18(10-15)23(31)21(34-20)9-14-11-29(2)24-22(14)19(7-8-27-24)30-16-4-5-17(30)13-33-12-16/h3,6-11,16-17H,4-5,12-13H2,1-2H3,(H2,26,28,32). The molecule has 34 heavy (non-hydrogen) atoms. The molecule has 6 rings (SSSR count). The van der Waals surface area contributed by atoms with Crippen LogP contribution in [0.5, 0.6) is 5.75 Å². The van der Waals surface area contributed by atoms with Gasteiger partial charge in [0, 0.05) is 43.1 Å². The fourth-order valence-corrected chi connectivity index (χ4v) is 5.27. The maximum atomic E-state index is 13.2. The highest BCUT2D eigenvalue weighted by molar-refractivity contribution is 6.16. The van der Waals surface area contributed by atoms with E-state index in [4.69, 9.17) is 9.47 Å². The molecule has 2 aromatic heterocycles. The van der Waals surface area contributed by atoms with Crippen molar-refractivity contribution in [2.24, 2.45) is 7.05 Å². The van der Waals surface area contributed by atoms with Gasteiger partial charge < -0.3 is 29.6 Å². The topological polar surface area (TPSA) is 97.7 Å². The normalized spacial score (nSPS) is 22.2. The molecule has 9 nitrogen and oxygen atoms in total. The number of carbonyl (C=O) groups is 2. The van der Waals surface area contributed by atoms with Gasteiger partial charge in [-0.05, 0) is 43.2 Å². The predicted octanol–water partition coefficient (Wildman–Crippen LogP) is 3.31. The Morgan fingerprint density at radius 3 is 2.76 bits per heavy atom. The van der Waals surface area contributed by atoms with E-state index in [0.717, 1.165) is 48.3 Å². The van der Waals surface area contributed by atoms with Crippen LogP contribution in [0.1, 0.15) is 28.8 Å². The van der Waals surface area contributed by atoms with Crippen LogP contribution < -0.4 is 20.3 Å². The van der Waals surface area contributed by atoms with E-state index in [-0.39, 0.29) is 17.6 Å². The zero-order chi connectivity index (χ0) is 23.4. The van der Waals surface area contributed by atoms with Crippen LogP contribution in [-0.2, 0) is 11.8 Å². The number of pyridine rings is 1. The molecule has 174 valence electrons. The van der Waals surface area contributed by atoms with Crippen LogP contribution >= 0.6 is 0 Å². The number of ketones is 1. The number of nitrogens with zero attached hydrogens (tertiary/aromatic N) is 3. The van der Waals surface area contributed by atoms with Crippen molar-refractivity contribution in [3.8, 4) is 5.75 Å². The minimum atomic E-state index is -0.352. The number of urea groups is 1. The molecule has 2 N–H and O–H groups in total. The lowest BCUT2D eigenvalue weighted by atomic mass is 10.1. The summed E-state index contributed by atoms with van der Waals surface area (Å²) in [4.78, 5) is 31.9. The van der Waals surface area contributed by atoms with Crippen molar-refractivity contribution in [1.29, 1.82) is 0 Å². The van der Waals surface area contributed by atoms with E-state index < -0.39 is 0 Å². The Balaban J connectivity index is 1.40. The first kappa shape index (κ1) is 20.7. The zero-order valence-corrected chi connectivity index (χ0v) is 19.0. The number of rotatable bonds is 3. The van der Waals surface area contributed by atoms with E-state index in [1.807, 2.05) is 24.0 Å². The van der Waals surface area contributed by atoms with Gasteiger partial charge in [0.15, 0.2) is 5.76 Å². The molecule has 2 fully saturated rings. The summed E-state index contributed by atoms with van der Waals surface area (Å²) in [5.74, 6) is 0.507. The number of carbonyl (C=O) groups excluding carboxylic acids is 2. The Morgan fingerprint density at radius 1 is 1.21 bits per heavy atom. The maximum Gasteiger partial charge on any atom is 0.318 e. The Kier molecular flexibility index (Phi) is 4.80. The minimum absolute atomic E-state index is 0.218. The van der Waals surface area contributed by atoms with Gasteiger partial charge >= 0.3 is 6.03 Å². The molecule has 0 aliphatic carbocycles. The molecular formula is C25H25N5O4. The van der Waals surface area contributed by atoms with Crippen LogP contribution in [0, 0.1) is 0 Å². The quantitative estimate of drug-likeness (QED) is 0.584. The van der Waals surface area contributed by atoms with Crippen LogP contribution in [0.3, 0.4) is 0 Å². The number of benzene rings is 1. The SMILES string of the molecule is CNC(=O)Nc1ccc2c(c1)C(=O)C(=Cc1cn(C)c3nccc(N4C5CCC4COC5)c13)O2. The van der Waals surface area contributed by atoms with Crippen molar-refractivity contribution < 1.29 is 19.1 Å². The molecular weight excluding hydrogens is 434 g/mol. The zero-order valence-electron chi connectivity index (χ0n) is 19.0. The largest absolute Gasteiger partial charge is 0.452 e. The summed E-state index contributed by atoms with van der Waals surface area (Å²) in [5, 5.41) is 6.19. The number of nitrogens with one attached hydrogen (secondary N) is 2. The maximum absolute atomic E-state index is 13.2. The van der Waals surface area contributed by atoms with Crippen molar-refractivity contribution in [3.05, 3.63) is 53.5 Å². The van der Waals surface area contributed by atoms with Crippen LogP contribution in [0.4, 0.5) is 16.2 Å². The molecule has 1 aromatic carbocycles. The van der Waals surface area contributed by atoms with Gasteiger partial charge in [-0.25, -0.2) is 9.78 Å². The summed E-state index contributed by atoms with van der Waals surface area (Å²) >= 11 is 0. The van der Waals surface area contributed by atoms with Crippen LogP contribution in [0.25, 0.3) is 17.1 Å². The summed E-state index contributed by atoms with van der Waals surface area (Å²) < 4.78 is 13.7. The van der Waals surface area contributed by atoms with Gasteiger partial charge in [-0.2, -0.15) is 0 Å². The van der Waals surface area contributed by atoms with Gasteiger partial charge in [0.05, 0.1) is 36.5 Å². The Morgan fingerprint density at radius 2 is 2.00 bits per heavy atom. The molecule has 2 unspecified atom stereocenters. The van der Waals surface area contributed by atoms with Gasteiger partial charge in [-0.3, -0.25) is 4.79 Å². The van der Waals surface area contributed by atoms with Crippen LogP contribution in [0.2, 0.25) is 0 Å². The fraction of sp³-hybridized carbons (Fsp3) is 0.320. The highest BCUT2D eigenvalue weighted by Gasteiger charge is 2.38. The summed E-state index contributed by atoms with van der Waals surface area (Å²) in [6.45, 7) is 1.46. The molecule has 2 bridgehead atoms. The highest BCUT2D eigenvalue weighted by Crippen LogP contribution is 2.40. The molecule has 5 heterocycles. The smallest absolute Gasteiger partial charge is 0.318 e. The van der Waals surface area contributed by atoms with Crippen molar-refractivity contribution in [1.82, 2.24) is 14.9 Å². The third-order valence-corrected chi connectivity index (χ3v) is 6.82. The first-order chi connectivity index (χ1) is 16.5. The van der Waals surface area contributed by atoms with Crippen molar-refractivity contribution >= 4 is 40.3 Å². The molecule has 3 aliphatic rings. The number of Topliss-reactive ketones (excluding diaryl/α,β-unsaturated/α-hetero) is 1. The number of aryl methyl sites for hydroxylation is 1. The van der Waals surface area contributed by atoms with Gasteiger partial charge in [-0.15, -0.1) is 0 Å². The van der Waals surface area contributed by atoms with E-state index in [1.165, 1.54) is 7.05 Å². The lowest BCUT2D eigenvalue weighted by molar-refractivity contribution is 0.0908. The van der Waals surface area contributed by atoms with Gasteiger partial charge in [0.1, 0.15) is 11.4 Å². The highest BCUT2D eigenvalue weighted by atomic mass is 16.5. The van der Waals surface area contributed by atoms with Gasteiger partial charge in [-0.1, -0.05) is 0 Å². The van der Waals surface area contributed by atoms with Crippen molar-refractivity contribution in [3.63, 3.8) is 0 Å². The lowest BCUT2D eigenvalue weighted by Crippen LogP contribution is -2.46. The molecule has 2 amide bonds. The van der Waals surface area contributed by atoms with Gasteiger partial charge in [0.2, 0.25) is 5.78 Å². The molecule has 9 heteroatoms. The molecule has 3 aromatic rings. The number of fused-ring (bicyclic) bond motifs is 4. The number of morpholine rings is 1. The van der Waals surface area contributed by atoms with E-state index in [2.05, 4.69) is 26.6 Å². The molecule has 3 aliphatic heterocycles. The van der Waals surface area contributed by atoms with E-state index in [1.54, 1.807) is 24.3 Å². The average molecular weight is 460 g/mol. The van der Waals surface area contributed by atoms with Crippen LogP contribution in [-0.4, -0.2) is 53.7 Å². The van der Waals surface area contributed by atoms with Gasteiger partial charge in [0.25, 0.3) is 0 Å². The second-order valence-corrected chi connectivity index (χ2v) is 8.91. The molecule has 0 spiro atoms. The van der Waals surface area contributed by atoms with E-state index in [0.29, 0.717) is 29.1 Å². The molecule has 0 saturated carbocycles. The first-order valence-electron chi connectivity index (χ1n) is 11.4. The molecule has 2 saturated heterocycles. The summed E-state index contributed by atoms with van der Waals surface area (Å²) in [6, 6.07) is 7.45. The fourth-order valence-electron chi connectivity index (χ4n) is 5.27. The number of anilines is 2. The number of aromatic nitrogens is 2. The van der Waals surface area contributed by atoms with E-state index in [9.17, 15) is 9.59 Å².